The minimum absolute atomic E-state index is 0.233. The van der Waals surface area contributed by atoms with Gasteiger partial charge in [0.05, 0.1) is 24.6 Å². The minimum Gasteiger partial charge on any atom is -0.469 e. The molecule has 0 aliphatic carbocycles. The van der Waals surface area contributed by atoms with Gasteiger partial charge in [-0.1, -0.05) is 30.3 Å². The molecular weight excluding hydrogens is 290 g/mol. The zero-order chi connectivity index (χ0) is 16.2. The highest BCUT2D eigenvalue weighted by atomic mass is 16.5. The minimum atomic E-state index is -0.233. The Bertz CT molecular complexity index is 825. The molecule has 0 atom stereocenters. The summed E-state index contributed by atoms with van der Waals surface area (Å²) >= 11 is 0. The van der Waals surface area contributed by atoms with E-state index in [9.17, 15) is 4.79 Å². The van der Waals surface area contributed by atoms with Gasteiger partial charge in [-0.15, -0.1) is 0 Å². The number of imidazole rings is 1. The summed E-state index contributed by atoms with van der Waals surface area (Å²) in [6.45, 7) is 0.706. The molecule has 0 fully saturated rings. The Morgan fingerprint density at radius 3 is 2.74 bits per heavy atom. The summed E-state index contributed by atoms with van der Waals surface area (Å²) in [4.78, 5) is 16.1. The first-order valence-corrected chi connectivity index (χ1v) is 7.53. The molecule has 0 amide bonds. The zero-order valence-electron chi connectivity index (χ0n) is 13.0. The van der Waals surface area contributed by atoms with E-state index in [1.54, 1.807) is 0 Å². The smallest absolute Gasteiger partial charge is 0.305 e. The van der Waals surface area contributed by atoms with Crippen LogP contribution in [-0.2, 0) is 22.5 Å². The second-order valence-electron chi connectivity index (χ2n) is 5.42. The molecule has 0 radical (unpaired) electrons. The van der Waals surface area contributed by atoms with E-state index in [4.69, 9.17) is 10.5 Å². The second-order valence-corrected chi connectivity index (χ2v) is 5.42. The molecule has 5 heteroatoms. The summed E-state index contributed by atoms with van der Waals surface area (Å²) in [6.07, 6.45) is 0.845. The first-order valence-electron chi connectivity index (χ1n) is 7.53. The second kappa shape index (κ2) is 6.52. The molecule has 3 rings (SSSR count). The number of nitrogen functional groups attached to an aromatic ring is 1. The molecule has 23 heavy (non-hydrogen) atoms. The Balaban J connectivity index is 1.99. The molecule has 2 N–H and O–H groups in total. The number of carbonyl (C=O) groups is 1. The van der Waals surface area contributed by atoms with Crippen LogP contribution in [0.1, 0.15) is 17.8 Å². The standard InChI is InChI=1S/C18H19N3O2/c1-23-18(22)10-9-17-20-15-11-14(19)7-8-16(15)21(17)12-13-5-3-2-4-6-13/h2-8,11H,9-10,12,19H2,1H3. The summed E-state index contributed by atoms with van der Waals surface area (Å²) in [5.74, 6) is 0.627. The number of ether oxygens (including phenoxy) is 1. The normalized spacial score (nSPS) is 10.8. The molecule has 1 heterocycles. The van der Waals surface area contributed by atoms with Crippen LogP contribution in [0.2, 0.25) is 0 Å². The summed E-state index contributed by atoms with van der Waals surface area (Å²) in [7, 11) is 1.40. The van der Waals surface area contributed by atoms with Crippen molar-refractivity contribution in [1.82, 2.24) is 9.55 Å². The Hall–Kier alpha value is -2.82. The maximum Gasteiger partial charge on any atom is 0.305 e. The van der Waals surface area contributed by atoms with Crippen LogP contribution in [0.3, 0.4) is 0 Å². The topological polar surface area (TPSA) is 70.1 Å². The lowest BCUT2D eigenvalue weighted by molar-refractivity contribution is -0.140. The number of nitrogens with zero attached hydrogens (tertiary/aromatic N) is 2. The number of benzene rings is 2. The van der Waals surface area contributed by atoms with Crippen molar-refractivity contribution in [3.8, 4) is 0 Å². The van der Waals surface area contributed by atoms with Crippen molar-refractivity contribution in [2.45, 2.75) is 19.4 Å². The van der Waals surface area contributed by atoms with Crippen LogP contribution in [-0.4, -0.2) is 22.6 Å². The number of rotatable bonds is 5. The van der Waals surface area contributed by atoms with Crippen molar-refractivity contribution >= 4 is 22.7 Å². The lowest BCUT2D eigenvalue weighted by atomic mass is 10.2. The highest BCUT2D eigenvalue weighted by Crippen LogP contribution is 2.21. The maximum absolute atomic E-state index is 11.4. The van der Waals surface area contributed by atoms with Gasteiger partial charge >= 0.3 is 5.97 Å². The Labute approximate surface area is 134 Å². The monoisotopic (exact) mass is 309 g/mol. The van der Waals surface area contributed by atoms with Crippen LogP contribution in [0.4, 0.5) is 5.69 Å². The van der Waals surface area contributed by atoms with Crippen LogP contribution < -0.4 is 5.73 Å². The van der Waals surface area contributed by atoms with E-state index < -0.39 is 0 Å². The van der Waals surface area contributed by atoms with Crippen molar-refractivity contribution in [1.29, 1.82) is 0 Å². The van der Waals surface area contributed by atoms with Crippen LogP contribution >= 0.6 is 0 Å². The molecule has 0 saturated heterocycles. The molecule has 2 aromatic carbocycles. The van der Waals surface area contributed by atoms with Crippen molar-refractivity contribution in [2.75, 3.05) is 12.8 Å². The van der Waals surface area contributed by atoms with Crippen LogP contribution in [0, 0.1) is 0 Å². The van der Waals surface area contributed by atoms with Gasteiger partial charge in [0.2, 0.25) is 0 Å². The number of esters is 1. The number of aryl methyl sites for hydroxylation is 1. The molecule has 0 unspecified atom stereocenters. The van der Waals surface area contributed by atoms with E-state index in [0.717, 1.165) is 16.9 Å². The van der Waals surface area contributed by atoms with E-state index in [2.05, 4.69) is 21.7 Å². The van der Waals surface area contributed by atoms with Crippen molar-refractivity contribution in [2.24, 2.45) is 0 Å². The number of methoxy groups -OCH3 is 1. The number of carbonyl (C=O) groups excluding carboxylic acids is 1. The van der Waals surface area contributed by atoms with Crippen LogP contribution in [0.25, 0.3) is 11.0 Å². The van der Waals surface area contributed by atoms with Crippen LogP contribution in [0.5, 0.6) is 0 Å². The largest absolute Gasteiger partial charge is 0.469 e. The van der Waals surface area contributed by atoms with E-state index in [0.29, 0.717) is 25.1 Å². The van der Waals surface area contributed by atoms with Crippen molar-refractivity contribution < 1.29 is 9.53 Å². The van der Waals surface area contributed by atoms with Crippen molar-refractivity contribution in [3.63, 3.8) is 0 Å². The van der Waals surface area contributed by atoms with E-state index >= 15 is 0 Å². The molecule has 118 valence electrons. The number of hydrogen-bond acceptors (Lipinski definition) is 4. The van der Waals surface area contributed by atoms with E-state index in [1.807, 2.05) is 36.4 Å². The number of nitrogens with two attached hydrogens (primary N) is 1. The SMILES string of the molecule is COC(=O)CCc1nc2cc(N)ccc2n1Cc1ccccc1. The van der Waals surface area contributed by atoms with Gasteiger partial charge in [0.1, 0.15) is 5.82 Å². The summed E-state index contributed by atoms with van der Waals surface area (Å²) in [5.41, 5.74) is 9.59. The molecule has 0 saturated carbocycles. The number of aromatic nitrogens is 2. The average molecular weight is 309 g/mol. The fraction of sp³-hybridized carbons (Fsp3) is 0.222. The first-order chi connectivity index (χ1) is 11.2. The van der Waals surface area contributed by atoms with Gasteiger partial charge in [-0.25, -0.2) is 4.98 Å². The molecule has 0 aliphatic heterocycles. The Morgan fingerprint density at radius 1 is 1.22 bits per heavy atom. The number of fused-ring (bicyclic) bond motifs is 1. The van der Waals surface area contributed by atoms with E-state index in [-0.39, 0.29) is 5.97 Å². The van der Waals surface area contributed by atoms with E-state index in [1.165, 1.54) is 12.7 Å². The quantitative estimate of drug-likeness (QED) is 0.581. The third-order valence-electron chi connectivity index (χ3n) is 3.82. The van der Waals surface area contributed by atoms with Gasteiger partial charge in [0.25, 0.3) is 0 Å². The molecule has 5 nitrogen and oxygen atoms in total. The predicted molar refractivity (Wildman–Crippen MR) is 90.0 cm³/mol. The molecule has 1 aromatic heterocycles. The molecule has 3 aromatic rings. The number of hydrogen-bond donors (Lipinski definition) is 1. The van der Waals surface area contributed by atoms with Gasteiger partial charge in [-0.2, -0.15) is 0 Å². The Morgan fingerprint density at radius 2 is 2.00 bits per heavy atom. The molecule has 0 aliphatic rings. The lowest BCUT2D eigenvalue weighted by Gasteiger charge is -2.09. The Kier molecular flexibility index (Phi) is 4.28. The molecule has 0 spiro atoms. The summed E-state index contributed by atoms with van der Waals surface area (Å²) in [6, 6.07) is 15.9. The summed E-state index contributed by atoms with van der Waals surface area (Å²) in [5, 5.41) is 0. The average Bonchev–Trinajstić information content (AvgIpc) is 2.90. The van der Waals surface area contributed by atoms with Gasteiger partial charge in [-0.3, -0.25) is 4.79 Å². The van der Waals surface area contributed by atoms with Gasteiger partial charge in [0.15, 0.2) is 0 Å². The fourth-order valence-electron chi connectivity index (χ4n) is 2.65. The highest BCUT2D eigenvalue weighted by molar-refractivity contribution is 5.80. The van der Waals surface area contributed by atoms with Crippen LogP contribution in [0.15, 0.2) is 48.5 Å². The highest BCUT2D eigenvalue weighted by Gasteiger charge is 2.13. The lowest BCUT2D eigenvalue weighted by Crippen LogP contribution is -2.09. The molecular formula is C18H19N3O2. The van der Waals surface area contributed by atoms with Crippen molar-refractivity contribution in [3.05, 3.63) is 59.9 Å². The first kappa shape index (κ1) is 15.1. The summed E-state index contributed by atoms with van der Waals surface area (Å²) < 4.78 is 6.86. The maximum atomic E-state index is 11.4. The van der Waals surface area contributed by atoms with Gasteiger partial charge in [-0.05, 0) is 23.8 Å². The third kappa shape index (κ3) is 3.34. The van der Waals surface area contributed by atoms with Gasteiger partial charge in [0, 0.05) is 18.7 Å². The third-order valence-corrected chi connectivity index (χ3v) is 3.82. The predicted octanol–water partition coefficient (Wildman–Crippen LogP) is 2.77. The number of anilines is 1. The fourth-order valence-corrected chi connectivity index (χ4v) is 2.65. The molecule has 0 bridgehead atoms. The van der Waals surface area contributed by atoms with Gasteiger partial charge < -0.3 is 15.0 Å². The zero-order valence-corrected chi connectivity index (χ0v) is 13.0.